The van der Waals surface area contributed by atoms with E-state index in [-0.39, 0.29) is 12.2 Å². The number of amides is 1. The van der Waals surface area contributed by atoms with Crippen LogP contribution < -0.4 is 10.6 Å². The van der Waals surface area contributed by atoms with Gasteiger partial charge in [-0.25, -0.2) is 9.97 Å². The Bertz CT molecular complexity index is 620. The number of primary amides is 1. The number of tetrazole rings is 1. The normalized spacial score (nSPS) is 15.1. The number of carbonyl (C=O) groups excluding carboxylic acids is 1. The number of hydrogen-bond acceptors (Lipinski definition) is 7. The summed E-state index contributed by atoms with van der Waals surface area (Å²) in [6.07, 6.45) is 6.44. The van der Waals surface area contributed by atoms with Crippen LogP contribution in [0.3, 0.4) is 0 Å². The third-order valence-electron chi connectivity index (χ3n) is 3.43. The molecule has 1 saturated heterocycles. The molecule has 3 rings (SSSR count). The first-order valence-corrected chi connectivity index (χ1v) is 6.85. The van der Waals surface area contributed by atoms with E-state index < -0.39 is 5.91 Å². The first-order chi connectivity index (χ1) is 10.2. The van der Waals surface area contributed by atoms with E-state index in [2.05, 4.69) is 30.3 Å². The standard InChI is InChI=1S/C12H16N8O/c13-12(21)11-9(7-20-16-8-15-18-20)17-10(6-14-11)19-4-2-1-3-5-19/h6,8H,1-5,7H2,(H2,13,21). The molecule has 110 valence electrons. The van der Waals surface area contributed by atoms with Crippen molar-refractivity contribution in [3.63, 3.8) is 0 Å². The Morgan fingerprint density at radius 2 is 2.10 bits per heavy atom. The Labute approximate surface area is 121 Å². The average Bonchev–Trinajstić information content (AvgIpc) is 3.01. The number of carbonyl (C=O) groups is 1. The smallest absolute Gasteiger partial charge is 0.269 e. The van der Waals surface area contributed by atoms with Crippen LogP contribution in [0.25, 0.3) is 0 Å². The highest BCUT2D eigenvalue weighted by atomic mass is 16.1. The number of aromatic nitrogens is 6. The Morgan fingerprint density at radius 1 is 1.29 bits per heavy atom. The largest absolute Gasteiger partial charge is 0.364 e. The first-order valence-electron chi connectivity index (χ1n) is 6.85. The molecule has 9 nitrogen and oxygen atoms in total. The monoisotopic (exact) mass is 288 g/mol. The van der Waals surface area contributed by atoms with E-state index in [1.165, 1.54) is 17.5 Å². The molecule has 1 aliphatic rings. The van der Waals surface area contributed by atoms with Gasteiger partial charge in [-0.05, 0) is 24.5 Å². The lowest BCUT2D eigenvalue weighted by molar-refractivity contribution is 0.0994. The summed E-state index contributed by atoms with van der Waals surface area (Å²) in [7, 11) is 0. The molecule has 1 amide bonds. The van der Waals surface area contributed by atoms with Crippen LogP contribution in [0.1, 0.15) is 35.4 Å². The van der Waals surface area contributed by atoms with Gasteiger partial charge in [0, 0.05) is 13.1 Å². The van der Waals surface area contributed by atoms with Crippen molar-refractivity contribution >= 4 is 11.7 Å². The molecule has 0 spiro atoms. The summed E-state index contributed by atoms with van der Waals surface area (Å²) in [4.78, 5) is 23.7. The molecule has 21 heavy (non-hydrogen) atoms. The minimum absolute atomic E-state index is 0.146. The van der Waals surface area contributed by atoms with Crippen molar-refractivity contribution in [2.75, 3.05) is 18.0 Å². The second kappa shape index (κ2) is 5.81. The topological polar surface area (TPSA) is 116 Å². The van der Waals surface area contributed by atoms with Gasteiger partial charge in [0.25, 0.3) is 5.91 Å². The summed E-state index contributed by atoms with van der Waals surface area (Å²) in [6, 6.07) is 0. The fourth-order valence-electron chi connectivity index (χ4n) is 2.40. The van der Waals surface area contributed by atoms with Gasteiger partial charge in [0.1, 0.15) is 12.4 Å². The summed E-state index contributed by atoms with van der Waals surface area (Å²) in [6.45, 7) is 2.12. The fraction of sp³-hybridized carbons (Fsp3) is 0.500. The van der Waals surface area contributed by atoms with Gasteiger partial charge >= 0.3 is 0 Å². The highest BCUT2D eigenvalue weighted by Gasteiger charge is 2.18. The lowest BCUT2D eigenvalue weighted by Gasteiger charge is -2.27. The van der Waals surface area contributed by atoms with Crippen LogP contribution in [0.5, 0.6) is 0 Å². The van der Waals surface area contributed by atoms with E-state index >= 15 is 0 Å². The summed E-state index contributed by atoms with van der Waals surface area (Å²) < 4.78 is 0. The van der Waals surface area contributed by atoms with E-state index in [1.54, 1.807) is 6.20 Å². The van der Waals surface area contributed by atoms with Crippen LogP contribution in [0.15, 0.2) is 12.5 Å². The molecule has 0 saturated carbocycles. The molecular formula is C12H16N8O. The molecule has 3 heterocycles. The van der Waals surface area contributed by atoms with Crippen LogP contribution in [0, 0.1) is 0 Å². The molecule has 0 aliphatic carbocycles. The van der Waals surface area contributed by atoms with Gasteiger partial charge in [0.05, 0.1) is 11.9 Å². The molecule has 0 atom stereocenters. The first kappa shape index (κ1) is 13.4. The number of piperidine rings is 1. The van der Waals surface area contributed by atoms with Crippen LogP contribution in [0.4, 0.5) is 5.82 Å². The second-order valence-electron chi connectivity index (χ2n) is 4.90. The summed E-state index contributed by atoms with van der Waals surface area (Å²) >= 11 is 0. The maximum absolute atomic E-state index is 11.5. The zero-order valence-electron chi connectivity index (χ0n) is 11.5. The third kappa shape index (κ3) is 2.96. The maximum atomic E-state index is 11.5. The molecule has 2 aromatic rings. The molecule has 2 N–H and O–H groups in total. The van der Waals surface area contributed by atoms with E-state index in [9.17, 15) is 4.79 Å². The van der Waals surface area contributed by atoms with E-state index in [0.717, 1.165) is 31.7 Å². The van der Waals surface area contributed by atoms with Crippen LogP contribution in [0.2, 0.25) is 0 Å². The highest BCUT2D eigenvalue weighted by molar-refractivity contribution is 5.91. The minimum atomic E-state index is -0.609. The summed E-state index contributed by atoms with van der Waals surface area (Å²) in [5.74, 6) is 0.151. The average molecular weight is 288 g/mol. The summed E-state index contributed by atoms with van der Waals surface area (Å²) in [5.41, 5.74) is 5.96. The number of hydrogen-bond donors (Lipinski definition) is 1. The predicted molar refractivity (Wildman–Crippen MR) is 73.5 cm³/mol. The molecule has 2 aromatic heterocycles. The SMILES string of the molecule is NC(=O)c1ncc(N2CCCCC2)nc1Cn1ncnn1. The molecule has 1 aliphatic heterocycles. The quantitative estimate of drug-likeness (QED) is 0.813. The van der Waals surface area contributed by atoms with Crippen molar-refractivity contribution in [3.05, 3.63) is 23.9 Å². The number of anilines is 1. The molecule has 0 bridgehead atoms. The molecule has 0 radical (unpaired) electrons. The second-order valence-corrected chi connectivity index (χ2v) is 4.90. The minimum Gasteiger partial charge on any atom is -0.364 e. The molecule has 1 fully saturated rings. The molecular weight excluding hydrogens is 272 g/mol. The van der Waals surface area contributed by atoms with Gasteiger partial charge in [0.15, 0.2) is 12.0 Å². The maximum Gasteiger partial charge on any atom is 0.269 e. The van der Waals surface area contributed by atoms with Crippen molar-refractivity contribution in [1.82, 2.24) is 30.2 Å². The van der Waals surface area contributed by atoms with Gasteiger partial charge in [-0.3, -0.25) is 4.79 Å². The highest BCUT2D eigenvalue weighted by Crippen LogP contribution is 2.18. The van der Waals surface area contributed by atoms with Gasteiger partial charge in [-0.2, -0.15) is 4.80 Å². The third-order valence-corrected chi connectivity index (χ3v) is 3.43. The van der Waals surface area contributed by atoms with E-state index in [0.29, 0.717) is 5.69 Å². The van der Waals surface area contributed by atoms with Crippen LogP contribution >= 0.6 is 0 Å². The predicted octanol–water partition coefficient (Wildman–Crippen LogP) is -0.399. The molecule has 9 heteroatoms. The van der Waals surface area contributed by atoms with E-state index in [1.807, 2.05) is 0 Å². The Balaban J connectivity index is 1.91. The lowest BCUT2D eigenvalue weighted by atomic mass is 10.1. The Morgan fingerprint density at radius 3 is 2.76 bits per heavy atom. The van der Waals surface area contributed by atoms with Crippen molar-refractivity contribution < 1.29 is 4.79 Å². The number of nitrogens with two attached hydrogens (primary N) is 1. The van der Waals surface area contributed by atoms with Gasteiger partial charge < -0.3 is 10.6 Å². The van der Waals surface area contributed by atoms with Crippen LogP contribution in [-0.4, -0.2) is 49.2 Å². The zero-order chi connectivity index (χ0) is 14.7. The molecule has 0 unspecified atom stereocenters. The van der Waals surface area contributed by atoms with Gasteiger partial charge in [-0.1, -0.05) is 0 Å². The number of nitrogens with zero attached hydrogens (tertiary/aromatic N) is 7. The Hall–Kier alpha value is -2.58. The Kier molecular flexibility index (Phi) is 3.71. The van der Waals surface area contributed by atoms with Gasteiger partial charge in [0.2, 0.25) is 0 Å². The van der Waals surface area contributed by atoms with Crippen LogP contribution in [-0.2, 0) is 6.54 Å². The van der Waals surface area contributed by atoms with Crippen molar-refractivity contribution in [3.8, 4) is 0 Å². The van der Waals surface area contributed by atoms with Gasteiger partial charge in [-0.15, -0.1) is 10.2 Å². The number of rotatable bonds is 4. The van der Waals surface area contributed by atoms with E-state index in [4.69, 9.17) is 5.73 Å². The summed E-state index contributed by atoms with van der Waals surface area (Å²) in [5, 5.41) is 11.3. The fourth-order valence-corrected chi connectivity index (χ4v) is 2.40. The van der Waals surface area contributed by atoms with Crippen molar-refractivity contribution in [2.45, 2.75) is 25.8 Å². The zero-order valence-corrected chi connectivity index (χ0v) is 11.5. The lowest BCUT2D eigenvalue weighted by Crippen LogP contribution is -2.31. The van der Waals surface area contributed by atoms with Crippen molar-refractivity contribution in [2.24, 2.45) is 5.73 Å². The molecule has 0 aromatic carbocycles. The van der Waals surface area contributed by atoms with Crippen molar-refractivity contribution in [1.29, 1.82) is 0 Å².